The normalized spacial score (nSPS) is 17.0. The summed E-state index contributed by atoms with van der Waals surface area (Å²) < 4.78 is 23.2. The second-order valence-electron chi connectivity index (χ2n) is 8.95. The number of carbonyl (C=O) groups excluding carboxylic acids is 1. The zero-order valence-electron chi connectivity index (χ0n) is 17.2. The van der Waals surface area contributed by atoms with E-state index in [1.165, 1.54) is 11.8 Å². The molecule has 1 N–H and O–H groups in total. The Bertz CT molecular complexity index is 964. The Morgan fingerprint density at radius 3 is 1.96 bits per heavy atom. The van der Waals surface area contributed by atoms with Crippen LogP contribution in [0.15, 0.2) is 53.4 Å². The summed E-state index contributed by atoms with van der Waals surface area (Å²) in [6.07, 6.45) is 2.90. The van der Waals surface area contributed by atoms with Gasteiger partial charge in [0.2, 0.25) is 5.91 Å². The Labute approximate surface area is 168 Å². The van der Waals surface area contributed by atoms with Gasteiger partial charge in [0.05, 0.1) is 16.4 Å². The van der Waals surface area contributed by atoms with Crippen molar-refractivity contribution in [2.75, 3.05) is 6.26 Å². The second kappa shape index (κ2) is 7.03. The molecule has 1 aliphatic carbocycles. The van der Waals surface area contributed by atoms with Crippen LogP contribution in [0.2, 0.25) is 0 Å². The summed E-state index contributed by atoms with van der Waals surface area (Å²) in [5.74, 6) is 0.0377. The first-order valence-corrected chi connectivity index (χ1v) is 11.5. The molecule has 2 aromatic rings. The molecule has 1 fully saturated rings. The van der Waals surface area contributed by atoms with Crippen LogP contribution in [0.25, 0.3) is 0 Å². The first-order valence-electron chi connectivity index (χ1n) is 9.65. The maximum atomic E-state index is 13.0. The maximum Gasteiger partial charge on any atom is 0.231 e. The molecule has 0 aliphatic heterocycles. The molecule has 1 amide bonds. The molecule has 2 aromatic carbocycles. The van der Waals surface area contributed by atoms with Crippen LogP contribution in [-0.4, -0.2) is 20.6 Å². The van der Waals surface area contributed by atoms with Crippen LogP contribution in [0.5, 0.6) is 0 Å². The van der Waals surface area contributed by atoms with Gasteiger partial charge in [-0.2, -0.15) is 0 Å². The van der Waals surface area contributed by atoms with Crippen molar-refractivity contribution < 1.29 is 13.2 Å². The lowest BCUT2D eigenvalue weighted by atomic mass is 9.85. The van der Waals surface area contributed by atoms with Crippen molar-refractivity contribution in [1.82, 2.24) is 5.32 Å². The van der Waals surface area contributed by atoms with Gasteiger partial charge in [0, 0.05) is 6.26 Å². The van der Waals surface area contributed by atoms with Crippen LogP contribution < -0.4 is 5.32 Å². The molecular formula is C23H29NO3S. The van der Waals surface area contributed by atoms with Crippen molar-refractivity contribution in [3.8, 4) is 0 Å². The van der Waals surface area contributed by atoms with Gasteiger partial charge in [0.25, 0.3) is 0 Å². The minimum absolute atomic E-state index is 0.0377. The quantitative estimate of drug-likeness (QED) is 0.815. The minimum Gasteiger partial charge on any atom is -0.349 e. The van der Waals surface area contributed by atoms with Crippen LogP contribution in [0, 0.1) is 0 Å². The standard InChI is InChI=1S/C23H29NO3S/c1-16(17-6-12-20(13-7-17)28(5,26)27)24-21(25)23(14-15-23)19-10-8-18(9-11-19)22(2,3)4/h6-13,16H,14-15H2,1-5H3,(H,24,25). The topological polar surface area (TPSA) is 63.2 Å². The summed E-state index contributed by atoms with van der Waals surface area (Å²) in [4.78, 5) is 13.3. The molecule has 5 heteroatoms. The Balaban J connectivity index is 1.73. The number of carbonyl (C=O) groups is 1. The van der Waals surface area contributed by atoms with Crippen LogP contribution >= 0.6 is 0 Å². The van der Waals surface area contributed by atoms with Crippen molar-refractivity contribution in [2.45, 2.75) is 62.3 Å². The van der Waals surface area contributed by atoms with E-state index in [4.69, 9.17) is 0 Å². The van der Waals surface area contributed by atoms with Crippen LogP contribution in [0.3, 0.4) is 0 Å². The lowest BCUT2D eigenvalue weighted by Gasteiger charge is -2.23. The van der Waals surface area contributed by atoms with E-state index >= 15 is 0 Å². The highest BCUT2D eigenvalue weighted by Gasteiger charge is 2.51. The van der Waals surface area contributed by atoms with Crippen molar-refractivity contribution in [2.24, 2.45) is 0 Å². The summed E-state index contributed by atoms with van der Waals surface area (Å²) in [5, 5.41) is 3.11. The van der Waals surface area contributed by atoms with Gasteiger partial charge in [-0.15, -0.1) is 0 Å². The first kappa shape index (κ1) is 20.6. The molecule has 150 valence electrons. The van der Waals surface area contributed by atoms with Gasteiger partial charge in [-0.25, -0.2) is 8.42 Å². The van der Waals surface area contributed by atoms with Crippen molar-refractivity contribution in [3.63, 3.8) is 0 Å². The van der Waals surface area contributed by atoms with E-state index in [9.17, 15) is 13.2 Å². The summed E-state index contributed by atoms with van der Waals surface area (Å²) in [6.45, 7) is 8.46. The molecule has 0 aromatic heterocycles. The third-order valence-electron chi connectivity index (χ3n) is 5.64. The molecule has 1 saturated carbocycles. The summed E-state index contributed by atoms with van der Waals surface area (Å²) in [6, 6.07) is 14.9. The van der Waals surface area contributed by atoms with Crippen molar-refractivity contribution >= 4 is 15.7 Å². The average molecular weight is 400 g/mol. The van der Waals surface area contributed by atoms with Gasteiger partial charge >= 0.3 is 0 Å². The molecule has 0 bridgehead atoms. The number of rotatable bonds is 5. The summed E-state index contributed by atoms with van der Waals surface area (Å²) >= 11 is 0. The fraction of sp³-hybridized carbons (Fsp3) is 0.435. The highest BCUT2D eigenvalue weighted by molar-refractivity contribution is 7.90. The van der Waals surface area contributed by atoms with E-state index in [0.29, 0.717) is 0 Å². The smallest absolute Gasteiger partial charge is 0.231 e. The second-order valence-corrected chi connectivity index (χ2v) is 11.0. The molecule has 28 heavy (non-hydrogen) atoms. The molecule has 0 heterocycles. The van der Waals surface area contributed by atoms with E-state index in [-0.39, 0.29) is 22.3 Å². The predicted octanol–water partition coefficient (Wildman–Crippen LogP) is 4.30. The minimum atomic E-state index is -3.22. The lowest BCUT2D eigenvalue weighted by Crippen LogP contribution is -2.36. The van der Waals surface area contributed by atoms with Gasteiger partial charge in [-0.3, -0.25) is 4.79 Å². The Hall–Kier alpha value is -2.14. The third-order valence-corrected chi connectivity index (χ3v) is 6.77. The average Bonchev–Trinajstić information content (AvgIpc) is 3.42. The Kier molecular flexibility index (Phi) is 5.17. The first-order chi connectivity index (χ1) is 12.9. The highest BCUT2D eigenvalue weighted by Crippen LogP contribution is 2.49. The maximum absolute atomic E-state index is 13.0. The molecule has 3 rings (SSSR count). The van der Waals surface area contributed by atoms with Crippen LogP contribution in [0.1, 0.15) is 63.3 Å². The number of sulfone groups is 1. The van der Waals surface area contributed by atoms with E-state index in [0.717, 1.165) is 24.0 Å². The van der Waals surface area contributed by atoms with Gasteiger partial charge in [0.1, 0.15) is 0 Å². The monoisotopic (exact) mass is 399 g/mol. The van der Waals surface area contributed by atoms with Gasteiger partial charge < -0.3 is 5.32 Å². The third kappa shape index (κ3) is 4.14. The largest absolute Gasteiger partial charge is 0.349 e. The number of amides is 1. The van der Waals surface area contributed by atoms with Gasteiger partial charge in [-0.05, 0) is 54.0 Å². The Morgan fingerprint density at radius 1 is 1.00 bits per heavy atom. The molecule has 0 spiro atoms. The van der Waals surface area contributed by atoms with Crippen LogP contribution in [-0.2, 0) is 25.5 Å². The molecule has 1 aliphatic rings. The summed E-state index contributed by atoms with van der Waals surface area (Å²) in [5.41, 5.74) is 2.87. The molecule has 0 radical (unpaired) electrons. The molecule has 4 nitrogen and oxygen atoms in total. The van der Waals surface area contributed by atoms with Crippen molar-refractivity contribution in [1.29, 1.82) is 0 Å². The van der Waals surface area contributed by atoms with E-state index in [1.807, 2.05) is 6.92 Å². The number of hydrogen-bond donors (Lipinski definition) is 1. The van der Waals surface area contributed by atoms with Crippen molar-refractivity contribution in [3.05, 3.63) is 65.2 Å². The summed E-state index contributed by atoms with van der Waals surface area (Å²) in [7, 11) is -3.22. The zero-order chi connectivity index (χ0) is 20.7. The SMILES string of the molecule is CC(NC(=O)C1(c2ccc(C(C)(C)C)cc2)CC1)c1ccc(S(C)(=O)=O)cc1. The number of hydrogen-bond acceptors (Lipinski definition) is 3. The van der Waals surface area contributed by atoms with E-state index in [2.05, 4.69) is 50.4 Å². The van der Waals surface area contributed by atoms with E-state index < -0.39 is 15.3 Å². The fourth-order valence-electron chi connectivity index (χ4n) is 3.48. The van der Waals surface area contributed by atoms with Gasteiger partial charge in [0.15, 0.2) is 9.84 Å². The zero-order valence-corrected chi connectivity index (χ0v) is 18.1. The fourth-order valence-corrected chi connectivity index (χ4v) is 4.11. The lowest BCUT2D eigenvalue weighted by molar-refractivity contribution is -0.124. The Morgan fingerprint density at radius 2 is 1.54 bits per heavy atom. The predicted molar refractivity (Wildman–Crippen MR) is 112 cm³/mol. The van der Waals surface area contributed by atoms with Gasteiger partial charge in [-0.1, -0.05) is 57.2 Å². The molecule has 1 unspecified atom stereocenters. The molecule has 1 atom stereocenters. The number of benzene rings is 2. The number of nitrogens with one attached hydrogen (secondary N) is 1. The van der Waals surface area contributed by atoms with E-state index in [1.54, 1.807) is 24.3 Å². The molecule has 0 saturated heterocycles. The highest BCUT2D eigenvalue weighted by atomic mass is 32.2. The molecular weight excluding hydrogens is 370 g/mol. The van der Waals surface area contributed by atoms with Crippen LogP contribution in [0.4, 0.5) is 0 Å².